The van der Waals surface area contributed by atoms with Crippen molar-refractivity contribution in [1.82, 2.24) is 19.1 Å². The Balaban J connectivity index is 2.18. The van der Waals surface area contributed by atoms with Crippen LogP contribution in [0.1, 0.15) is 26.5 Å². The minimum absolute atomic E-state index is 0.338. The van der Waals surface area contributed by atoms with Crippen LogP contribution >= 0.6 is 0 Å². The van der Waals surface area contributed by atoms with Gasteiger partial charge in [0.15, 0.2) is 24.2 Å². The van der Waals surface area contributed by atoms with E-state index >= 15 is 4.39 Å². The lowest BCUT2D eigenvalue weighted by Crippen LogP contribution is -2.47. The minimum Gasteiger partial charge on any atom is -0.454 e. The van der Waals surface area contributed by atoms with Gasteiger partial charge in [-0.3, -0.25) is 14.2 Å². The van der Waals surface area contributed by atoms with E-state index < -0.39 is 85.3 Å². The Bertz CT molecular complexity index is 1210. The van der Waals surface area contributed by atoms with Crippen molar-refractivity contribution < 1.29 is 54.5 Å². The number of carbonyl (C=O) groups excluding carboxylic acids is 2. The lowest BCUT2D eigenvalue weighted by molar-refractivity contribution is -0.252. The number of carbonyl (C=O) groups is 2. The third kappa shape index (κ3) is 5.52. The summed E-state index contributed by atoms with van der Waals surface area (Å²) in [7, 11) is 0. The van der Waals surface area contributed by atoms with Crippen LogP contribution in [0, 0.1) is 0 Å². The summed E-state index contributed by atoms with van der Waals surface area (Å²) in [5.74, 6) is -3.12. The number of esters is 2. The van der Waals surface area contributed by atoms with Crippen molar-refractivity contribution >= 4 is 29.1 Å². The summed E-state index contributed by atoms with van der Waals surface area (Å²) in [6, 6.07) is 0. The normalized spacial score (nSPS) is 23.6. The first kappa shape index (κ1) is 27.2. The smallest absolute Gasteiger partial charge is 0.428 e. The van der Waals surface area contributed by atoms with Crippen LogP contribution in [0.2, 0.25) is 0 Å². The number of rotatable bonds is 6. The summed E-state index contributed by atoms with van der Waals surface area (Å²) in [5, 5.41) is 0. The molecule has 1 aliphatic heterocycles. The summed E-state index contributed by atoms with van der Waals surface area (Å²) in [4.78, 5) is 43.2. The molecule has 11 nitrogen and oxygen atoms in total. The number of halogens is 7. The maximum absolute atomic E-state index is 15.3. The molecule has 3 heterocycles. The van der Waals surface area contributed by atoms with Crippen LogP contribution in [0.15, 0.2) is 11.0 Å². The molecule has 1 fully saturated rings. The summed E-state index contributed by atoms with van der Waals surface area (Å²) in [6.07, 6.45) is -23.7. The predicted molar refractivity (Wildman–Crippen MR) is 103 cm³/mol. The van der Waals surface area contributed by atoms with Crippen molar-refractivity contribution in [3.63, 3.8) is 0 Å². The van der Waals surface area contributed by atoms with E-state index in [9.17, 15) is 40.7 Å². The van der Waals surface area contributed by atoms with Crippen molar-refractivity contribution in [1.29, 1.82) is 0 Å². The monoisotopic (exact) mass is 533 g/mol. The van der Waals surface area contributed by atoms with Crippen LogP contribution in [0.3, 0.4) is 0 Å². The average molecular weight is 533 g/mol. The van der Waals surface area contributed by atoms with E-state index in [-0.39, 0.29) is 5.52 Å². The standard InChI is InChI=1S/C18H18F7N5O6/c1-6(31)34-11-9(19)10(12(18(23,24)25)35-7(2)32)36-14(11)30-13-8(5-27-15(26)28-13)29(16(30)33)4-3-17(20,21)22/h5,9-12,14H,3-4H2,1-2H3,(H2,26,27,28)/t9?,10?,11?,12-,14?/m1/s1. The van der Waals surface area contributed by atoms with E-state index in [2.05, 4.69) is 14.7 Å². The molecular formula is C18H18F7N5O6. The maximum Gasteiger partial charge on any atom is 0.428 e. The average Bonchev–Trinajstić information content (AvgIpc) is 3.16. The number of anilines is 1. The summed E-state index contributed by atoms with van der Waals surface area (Å²) in [5.41, 5.74) is 3.31. The Morgan fingerprint density at radius 1 is 1.19 bits per heavy atom. The Hall–Kier alpha value is -3.44. The number of ether oxygens (including phenoxy) is 3. The zero-order valence-electron chi connectivity index (χ0n) is 18.3. The van der Waals surface area contributed by atoms with Crippen LogP contribution in [0.4, 0.5) is 36.7 Å². The summed E-state index contributed by atoms with van der Waals surface area (Å²) in [6.45, 7) is 0.450. The van der Waals surface area contributed by atoms with Crippen LogP contribution in [0.5, 0.6) is 0 Å². The van der Waals surface area contributed by atoms with Gasteiger partial charge in [-0.2, -0.15) is 31.3 Å². The van der Waals surface area contributed by atoms with Crippen molar-refractivity contribution in [3.05, 3.63) is 16.7 Å². The van der Waals surface area contributed by atoms with Crippen LogP contribution in [0.25, 0.3) is 11.2 Å². The molecule has 1 aliphatic rings. The lowest BCUT2D eigenvalue weighted by atomic mass is 10.1. The van der Waals surface area contributed by atoms with Crippen molar-refractivity contribution in [2.45, 2.75) is 69.9 Å². The van der Waals surface area contributed by atoms with Crippen molar-refractivity contribution in [2.75, 3.05) is 5.73 Å². The second-order valence-corrected chi connectivity index (χ2v) is 7.69. The van der Waals surface area contributed by atoms with E-state index in [0.717, 1.165) is 13.1 Å². The summed E-state index contributed by atoms with van der Waals surface area (Å²) < 4.78 is 109. The third-order valence-corrected chi connectivity index (χ3v) is 5.02. The molecule has 2 N–H and O–H groups in total. The topological polar surface area (TPSA) is 141 Å². The van der Waals surface area contributed by atoms with Gasteiger partial charge in [-0.15, -0.1) is 0 Å². The number of imidazole rings is 1. The highest BCUT2D eigenvalue weighted by Gasteiger charge is 2.60. The molecule has 0 bridgehead atoms. The van der Waals surface area contributed by atoms with Gasteiger partial charge in [0, 0.05) is 20.4 Å². The molecule has 4 unspecified atom stereocenters. The van der Waals surface area contributed by atoms with Gasteiger partial charge in [-0.1, -0.05) is 0 Å². The molecule has 0 saturated carbocycles. The molecule has 5 atom stereocenters. The number of nitrogens with two attached hydrogens (primary N) is 1. The van der Waals surface area contributed by atoms with E-state index in [1.165, 1.54) is 0 Å². The number of hydrogen-bond donors (Lipinski definition) is 1. The van der Waals surface area contributed by atoms with Gasteiger partial charge in [0.2, 0.25) is 12.1 Å². The number of aromatic nitrogens is 4. The maximum atomic E-state index is 15.3. The molecule has 3 rings (SSSR count). The SMILES string of the molecule is CC(=O)OC1C(F)C([C@@H](OC(C)=O)C(F)(F)F)OC1n1c(=O)n(CCC(F)(F)F)c2cnc(N)nc21. The number of alkyl halides is 7. The molecule has 18 heteroatoms. The lowest BCUT2D eigenvalue weighted by Gasteiger charge is -2.26. The number of aryl methyl sites for hydroxylation is 1. The van der Waals surface area contributed by atoms with Gasteiger partial charge in [0.1, 0.15) is 11.6 Å². The zero-order chi connectivity index (χ0) is 27.2. The highest BCUT2D eigenvalue weighted by molar-refractivity contribution is 5.72. The first-order chi connectivity index (χ1) is 16.5. The minimum atomic E-state index is -5.35. The largest absolute Gasteiger partial charge is 0.454 e. The van der Waals surface area contributed by atoms with E-state index in [1.807, 2.05) is 0 Å². The molecule has 2 aromatic heterocycles. The number of nitrogen functional groups attached to an aromatic ring is 1. The summed E-state index contributed by atoms with van der Waals surface area (Å²) >= 11 is 0. The molecule has 36 heavy (non-hydrogen) atoms. The molecule has 0 aliphatic carbocycles. The number of hydrogen-bond acceptors (Lipinski definition) is 9. The number of nitrogens with zero attached hydrogens (tertiary/aromatic N) is 4. The molecular weight excluding hydrogens is 515 g/mol. The first-order valence-electron chi connectivity index (χ1n) is 10.0. The van der Waals surface area contributed by atoms with E-state index in [0.29, 0.717) is 16.1 Å². The molecule has 0 radical (unpaired) electrons. The van der Waals surface area contributed by atoms with Gasteiger partial charge < -0.3 is 19.9 Å². The Morgan fingerprint density at radius 3 is 2.36 bits per heavy atom. The Morgan fingerprint density at radius 2 is 1.83 bits per heavy atom. The Labute approximate surface area is 195 Å². The van der Waals surface area contributed by atoms with E-state index in [1.54, 1.807) is 0 Å². The molecule has 200 valence electrons. The second-order valence-electron chi connectivity index (χ2n) is 7.69. The van der Waals surface area contributed by atoms with Gasteiger partial charge in [0.05, 0.1) is 12.6 Å². The van der Waals surface area contributed by atoms with Gasteiger partial charge in [-0.25, -0.2) is 18.7 Å². The van der Waals surface area contributed by atoms with Gasteiger partial charge in [0.25, 0.3) is 0 Å². The fraction of sp³-hybridized carbons (Fsp3) is 0.611. The van der Waals surface area contributed by atoms with Crippen LogP contribution in [-0.4, -0.2) is 67.9 Å². The molecule has 0 spiro atoms. The molecule has 0 amide bonds. The number of fused-ring (bicyclic) bond motifs is 1. The molecule has 2 aromatic rings. The van der Waals surface area contributed by atoms with E-state index in [4.69, 9.17) is 15.2 Å². The van der Waals surface area contributed by atoms with Crippen molar-refractivity contribution in [3.8, 4) is 0 Å². The molecule has 0 aromatic carbocycles. The quantitative estimate of drug-likeness (QED) is 0.435. The fourth-order valence-corrected chi connectivity index (χ4v) is 3.67. The zero-order valence-corrected chi connectivity index (χ0v) is 18.3. The highest BCUT2D eigenvalue weighted by atomic mass is 19.4. The highest BCUT2D eigenvalue weighted by Crippen LogP contribution is 2.41. The second kappa shape index (κ2) is 9.55. The van der Waals surface area contributed by atoms with Gasteiger partial charge in [-0.05, 0) is 0 Å². The van der Waals surface area contributed by atoms with Gasteiger partial charge >= 0.3 is 30.0 Å². The first-order valence-corrected chi connectivity index (χ1v) is 10.0. The van der Waals surface area contributed by atoms with Crippen LogP contribution in [-0.2, 0) is 30.3 Å². The van der Waals surface area contributed by atoms with Crippen LogP contribution < -0.4 is 11.4 Å². The predicted octanol–water partition coefficient (Wildman–Crippen LogP) is 1.79. The molecule has 1 saturated heterocycles. The third-order valence-electron chi connectivity index (χ3n) is 5.02. The Kier molecular flexibility index (Phi) is 7.20. The van der Waals surface area contributed by atoms with Crippen molar-refractivity contribution in [2.24, 2.45) is 0 Å². The fourth-order valence-electron chi connectivity index (χ4n) is 3.67.